The molecule has 2 unspecified atom stereocenters. The highest BCUT2D eigenvalue weighted by Gasteiger charge is 2.36. The molecule has 0 aromatic carbocycles. The second kappa shape index (κ2) is 8.04. The van der Waals surface area contributed by atoms with Crippen LogP contribution in [0.5, 0.6) is 0 Å². The maximum absolute atomic E-state index is 5.35. The third-order valence-electron chi connectivity index (χ3n) is 3.74. The average Bonchev–Trinajstić information content (AvgIpc) is 2.30. The molecule has 0 spiro atoms. The first-order valence-corrected chi connectivity index (χ1v) is 6.57. The van der Waals surface area contributed by atoms with E-state index in [1.165, 1.54) is 0 Å². The van der Waals surface area contributed by atoms with Gasteiger partial charge in [-0.05, 0) is 33.0 Å². The Bertz CT molecular complexity index is 165. The summed E-state index contributed by atoms with van der Waals surface area (Å²) in [4.78, 5) is 2.53. The number of hydrogen-bond acceptors (Lipinski definition) is 3. The van der Waals surface area contributed by atoms with Crippen molar-refractivity contribution in [1.82, 2.24) is 10.2 Å². The molecule has 0 saturated carbocycles. The van der Waals surface area contributed by atoms with Crippen LogP contribution in [-0.4, -0.2) is 49.8 Å². The van der Waals surface area contributed by atoms with Crippen LogP contribution in [0.2, 0.25) is 0 Å². The first kappa shape index (κ1) is 15.9. The van der Waals surface area contributed by atoms with Crippen LogP contribution in [0.15, 0.2) is 0 Å². The smallest absolute Gasteiger partial charge is 0.0633 e. The molecular weight excluding hydrogens is 200 g/mol. The first-order chi connectivity index (χ1) is 7.60. The van der Waals surface area contributed by atoms with Crippen LogP contribution in [0.1, 0.15) is 41.0 Å². The Morgan fingerprint density at radius 3 is 2.06 bits per heavy atom. The molecule has 3 nitrogen and oxygen atoms in total. The van der Waals surface area contributed by atoms with Gasteiger partial charge in [-0.25, -0.2) is 0 Å². The summed E-state index contributed by atoms with van der Waals surface area (Å²) in [5.41, 5.74) is 0.176. The number of likely N-dealkylation sites (N-methyl/N-ethyl adjacent to an activating group) is 2. The average molecular weight is 230 g/mol. The van der Waals surface area contributed by atoms with Crippen LogP contribution in [0.3, 0.4) is 0 Å². The van der Waals surface area contributed by atoms with E-state index in [2.05, 4.69) is 44.8 Å². The molecule has 0 aliphatic heterocycles. The van der Waals surface area contributed by atoms with Gasteiger partial charge in [0.05, 0.1) is 6.61 Å². The maximum atomic E-state index is 5.35. The molecule has 1 N–H and O–H groups in total. The van der Waals surface area contributed by atoms with Gasteiger partial charge in [-0.15, -0.1) is 0 Å². The number of hydrogen-bond donors (Lipinski definition) is 1. The van der Waals surface area contributed by atoms with Crippen molar-refractivity contribution in [3.05, 3.63) is 0 Å². The lowest BCUT2D eigenvalue weighted by Crippen LogP contribution is -2.60. The van der Waals surface area contributed by atoms with Crippen molar-refractivity contribution in [1.29, 1.82) is 0 Å². The van der Waals surface area contributed by atoms with Gasteiger partial charge >= 0.3 is 0 Å². The summed E-state index contributed by atoms with van der Waals surface area (Å²) >= 11 is 0. The molecule has 2 atom stereocenters. The predicted molar refractivity (Wildman–Crippen MR) is 71.0 cm³/mol. The van der Waals surface area contributed by atoms with Gasteiger partial charge in [-0.3, -0.25) is 4.90 Å². The summed E-state index contributed by atoms with van der Waals surface area (Å²) in [6.45, 7) is 15.2. The number of methoxy groups -OCH3 is 1. The quantitative estimate of drug-likeness (QED) is 0.656. The van der Waals surface area contributed by atoms with Crippen molar-refractivity contribution in [3.63, 3.8) is 0 Å². The standard InChI is InChI=1S/C13H30N2O/c1-7-13(5,15(9-3)10-4)12(11-16-6)14-8-2/h12,14H,7-11H2,1-6H3. The topological polar surface area (TPSA) is 24.5 Å². The summed E-state index contributed by atoms with van der Waals surface area (Å²) in [5.74, 6) is 0. The van der Waals surface area contributed by atoms with E-state index in [-0.39, 0.29) is 5.54 Å². The molecule has 16 heavy (non-hydrogen) atoms. The fourth-order valence-corrected chi connectivity index (χ4v) is 2.51. The van der Waals surface area contributed by atoms with Crippen molar-refractivity contribution in [3.8, 4) is 0 Å². The normalized spacial score (nSPS) is 17.4. The lowest BCUT2D eigenvalue weighted by atomic mass is 9.87. The van der Waals surface area contributed by atoms with Gasteiger partial charge in [-0.2, -0.15) is 0 Å². The highest BCUT2D eigenvalue weighted by molar-refractivity contribution is 4.95. The molecule has 0 aliphatic rings. The Kier molecular flexibility index (Phi) is 7.98. The van der Waals surface area contributed by atoms with Crippen LogP contribution >= 0.6 is 0 Å². The zero-order valence-corrected chi connectivity index (χ0v) is 12.0. The van der Waals surface area contributed by atoms with Crippen LogP contribution in [-0.2, 0) is 4.74 Å². The number of ether oxygens (including phenoxy) is 1. The summed E-state index contributed by atoms with van der Waals surface area (Å²) in [7, 11) is 1.78. The molecule has 0 fully saturated rings. The Hall–Kier alpha value is -0.120. The second-order valence-electron chi connectivity index (χ2n) is 4.45. The first-order valence-electron chi connectivity index (χ1n) is 6.57. The minimum absolute atomic E-state index is 0.176. The highest BCUT2D eigenvalue weighted by Crippen LogP contribution is 2.23. The lowest BCUT2D eigenvalue weighted by molar-refractivity contribution is 0.0321. The summed E-state index contributed by atoms with van der Waals surface area (Å²) < 4.78 is 5.35. The molecule has 0 rings (SSSR count). The van der Waals surface area contributed by atoms with E-state index >= 15 is 0 Å². The van der Waals surface area contributed by atoms with E-state index < -0.39 is 0 Å². The molecule has 0 heterocycles. The van der Waals surface area contributed by atoms with E-state index in [9.17, 15) is 0 Å². The third kappa shape index (κ3) is 3.72. The van der Waals surface area contributed by atoms with Crippen molar-refractivity contribution in [2.24, 2.45) is 0 Å². The van der Waals surface area contributed by atoms with Crippen LogP contribution in [0.4, 0.5) is 0 Å². The molecule has 3 heteroatoms. The molecule has 0 radical (unpaired) electrons. The summed E-state index contributed by atoms with van der Waals surface area (Å²) in [5, 5.41) is 3.56. The molecule has 0 saturated heterocycles. The SMILES string of the molecule is CCNC(COC)C(C)(CC)N(CC)CC. The van der Waals surface area contributed by atoms with Gasteiger partial charge in [-0.1, -0.05) is 27.7 Å². The van der Waals surface area contributed by atoms with Gasteiger partial charge in [0.1, 0.15) is 0 Å². The minimum atomic E-state index is 0.176. The van der Waals surface area contributed by atoms with Crippen LogP contribution in [0.25, 0.3) is 0 Å². The molecule has 0 aliphatic carbocycles. The Labute approximate surface area is 102 Å². The zero-order valence-electron chi connectivity index (χ0n) is 12.0. The van der Waals surface area contributed by atoms with Gasteiger partial charge in [0.2, 0.25) is 0 Å². The fraction of sp³-hybridized carbons (Fsp3) is 1.00. The van der Waals surface area contributed by atoms with E-state index in [1.54, 1.807) is 7.11 Å². The Morgan fingerprint density at radius 2 is 1.75 bits per heavy atom. The monoisotopic (exact) mass is 230 g/mol. The van der Waals surface area contributed by atoms with Crippen molar-refractivity contribution < 1.29 is 4.74 Å². The van der Waals surface area contributed by atoms with E-state index in [4.69, 9.17) is 4.74 Å². The molecule has 0 aromatic heterocycles. The number of nitrogens with zero attached hydrogens (tertiary/aromatic N) is 1. The Morgan fingerprint density at radius 1 is 1.19 bits per heavy atom. The number of nitrogens with one attached hydrogen (secondary N) is 1. The van der Waals surface area contributed by atoms with Crippen molar-refractivity contribution >= 4 is 0 Å². The molecule has 0 aromatic rings. The van der Waals surface area contributed by atoms with Gasteiger partial charge in [0.25, 0.3) is 0 Å². The Balaban J connectivity index is 4.82. The largest absolute Gasteiger partial charge is 0.383 e. The summed E-state index contributed by atoms with van der Waals surface area (Å²) in [6, 6.07) is 0.396. The number of rotatable bonds is 9. The van der Waals surface area contributed by atoms with Gasteiger partial charge < -0.3 is 10.1 Å². The van der Waals surface area contributed by atoms with E-state index in [0.717, 1.165) is 32.7 Å². The minimum Gasteiger partial charge on any atom is -0.383 e. The fourth-order valence-electron chi connectivity index (χ4n) is 2.51. The molecular formula is C13H30N2O. The van der Waals surface area contributed by atoms with Crippen LogP contribution in [0, 0.1) is 0 Å². The van der Waals surface area contributed by atoms with Crippen LogP contribution < -0.4 is 5.32 Å². The maximum Gasteiger partial charge on any atom is 0.0633 e. The second-order valence-corrected chi connectivity index (χ2v) is 4.45. The zero-order chi connectivity index (χ0) is 12.6. The summed E-state index contributed by atoms with van der Waals surface area (Å²) in [6.07, 6.45) is 1.13. The molecule has 98 valence electrons. The lowest BCUT2D eigenvalue weighted by Gasteiger charge is -2.45. The van der Waals surface area contributed by atoms with Gasteiger partial charge in [0.15, 0.2) is 0 Å². The predicted octanol–water partition coefficient (Wildman–Crippen LogP) is 2.12. The van der Waals surface area contributed by atoms with Crippen molar-refractivity contribution in [2.75, 3.05) is 33.4 Å². The third-order valence-corrected chi connectivity index (χ3v) is 3.74. The molecule has 0 bridgehead atoms. The van der Waals surface area contributed by atoms with Gasteiger partial charge in [0, 0.05) is 18.7 Å². The highest BCUT2D eigenvalue weighted by atomic mass is 16.5. The van der Waals surface area contributed by atoms with E-state index in [1.807, 2.05) is 0 Å². The molecule has 0 amide bonds. The van der Waals surface area contributed by atoms with E-state index in [0.29, 0.717) is 6.04 Å². The van der Waals surface area contributed by atoms with Crippen molar-refractivity contribution in [2.45, 2.75) is 52.6 Å².